The largest absolute Gasteiger partial charge is 0.456 e. The van der Waals surface area contributed by atoms with E-state index < -0.39 is 0 Å². The van der Waals surface area contributed by atoms with Gasteiger partial charge in [-0.3, -0.25) is 0 Å². The van der Waals surface area contributed by atoms with Gasteiger partial charge in [-0.05, 0) is 86.6 Å². The second-order valence-electron chi connectivity index (χ2n) is 9.17. The van der Waals surface area contributed by atoms with E-state index in [1.54, 1.807) is 12.1 Å². The van der Waals surface area contributed by atoms with Gasteiger partial charge in [0.1, 0.15) is 17.0 Å². The topological polar surface area (TPSA) is 13.1 Å². The van der Waals surface area contributed by atoms with Gasteiger partial charge in [-0.25, -0.2) is 4.39 Å². The van der Waals surface area contributed by atoms with Crippen molar-refractivity contribution in [2.45, 2.75) is 0 Å². The lowest BCUT2D eigenvalue weighted by atomic mass is 9.96. The van der Waals surface area contributed by atoms with Gasteiger partial charge in [-0.15, -0.1) is 0 Å². The molecule has 0 atom stereocenters. The number of benzene rings is 6. The van der Waals surface area contributed by atoms with Gasteiger partial charge in [0.25, 0.3) is 0 Å². The van der Waals surface area contributed by atoms with Crippen LogP contribution in [0.5, 0.6) is 0 Å². The van der Waals surface area contributed by atoms with Crippen molar-refractivity contribution in [3.05, 3.63) is 133 Å². The lowest BCUT2D eigenvalue weighted by Crippen LogP contribution is -1.83. The molecule has 0 aliphatic rings. The fraction of sp³-hybridized carbons (Fsp3) is 0. The number of hydrogen-bond acceptors (Lipinski definition) is 1. The van der Waals surface area contributed by atoms with Crippen molar-refractivity contribution in [3.8, 4) is 33.4 Å². The quantitative estimate of drug-likeness (QED) is 0.254. The summed E-state index contributed by atoms with van der Waals surface area (Å²) in [4.78, 5) is 0. The molecule has 7 aromatic rings. The van der Waals surface area contributed by atoms with Gasteiger partial charge in [-0.1, -0.05) is 84.9 Å². The Labute approximate surface area is 208 Å². The molecule has 0 bridgehead atoms. The first-order chi connectivity index (χ1) is 17.7. The fourth-order valence-corrected chi connectivity index (χ4v) is 5.03. The third kappa shape index (κ3) is 3.55. The van der Waals surface area contributed by atoms with E-state index in [0.29, 0.717) is 0 Å². The number of rotatable bonds is 3. The van der Waals surface area contributed by atoms with Crippen LogP contribution < -0.4 is 0 Å². The summed E-state index contributed by atoms with van der Waals surface area (Å²) < 4.78 is 19.6. The van der Waals surface area contributed by atoms with Crippen LogP contribution in [-0.2, 0) is 0 Å². The third-order valence-electron chi connectivity index (χ3n) is 6.93. The molecule has 0 aliphatic carbocycles. The molecule has 0 saturated heterocycles. The molecule has 0 fully saturated rings. The number of furan rings is 1. The van der Waals surface area contributed by atoms with Gasteiger partial charge >= 0.3 is 0 Å². The second-order valence-corrected chi connectivity index (χ2v) is 9.17. The standard InChI is InChI=1S/C34H21FO/c35-30-5-3-4-24(20-30)22-8-10-23(11-9-22)25-12-13-27-19-28(15-14-26(27)18-25)29-16-17-34-32(21-29)31-6-1-2-7-33(31)36-34/h1-21H. The van der Waals surface area contributed by atoms with E-state index in [4.69, 9.17) is 4.42 Å². The number of halogens is 1. The zero-order valence-corrected chi connectivity index (χ0v) is 19.4. The van der Waals surface area contributed by atoms with Crippen molar-refractivity contribution in [2.75, 3.05) is 0 Å². The molecule has 0 saturated carbocycles. The summed E-state index contributed by atoms with van der Waals surface area (Å²) in [6.07, 6.45) is 0. The van der Waals surface area contributed by atoms with Gasteiger partial charge in [0.05, 0.1) is 0 Å². The van der Waals surface area contributed by atoms with Gasteiger partial charge in [0.15, 0.2) is 0 Å². The Balaban J connectivity index is 1.22. The minimum atomic E-state index is -0.219. The summed E-state index contributed by atoms with van der Waals surface area (Å²) in [5.41, 5.74) is 8.37. The Hall–Kier alpha value is -4.69. The number of fused-ring (bicyclic) bond motifs is 4. The zero-order valence-electron chi connectivity index (χ0n) is 19.4. The monoisotopic (exact) mass is 464 g/mol. The molecule has 1 aromatic heterocycles. The predicted molar refractivity (Wildman–Crippen MR) is 147 cm³/mol. The summed E-state index contributed by atoms with van der Waals surface area (Å²) in [7, 11) is 0. The van der Waals surface area contributed by atoms with Gasteiger partial charge < -0.3 is 4.42 Å². The van der Waals surface area contributed by atoms with E-state index in [2.05, 4.69) is 72.8 Å². The Morgan fingerprint density at radius 3 is 1.67 bits per heavy atom. The minimum absolute atomic E-state index is 0.219. The number of hydrogen-bond donors (Lipinski definition) is 0. The molecular weight excluding hydrogens is 443 g/mol. The lowest BCUT2D eigenvalue weighted by molar-refractivity contribution is 0.628. The van der Waals surface area contributed by atoms with Crippen LogP contribution in [0.3, 0.4) is 0 Å². The molecule has 170 valence electrons. The lowest BCUT2D eigenvalue weighted by Gasteiger charge is -2.08. The molecule has 0 aliphatic heterocycles. The molecule has 0 unspecified atom stereocenters. The van der Waals surface area contributed by atoms with Crippen molar-refractivity contribution in [1.29, 1.82) is 0 Å². The first kappa shape index (κ1) is 20.7. The summed E-state index contributed by atoms with van der Waals surface area (Å²) in [5.74, 6) is -0.219. The van der Waals surface area contributed by atoms with Crippen LogP contribution in [-0.4, -0.2) is 0 Å². The first-order valence-electron chi connectivity index (χ1n) is 12.0. The van der Waals surface area contributed by atoms with Crippen molar-refractivity contribution in [1.82, 2.24) is 0 Å². The maximum absolute atomic E-state index is 13.6. The molecule has 6 aromatic carbocycles. The average molecular weight is 465 g/mol. The highest BCUT2D eigenvalue weighted by Crippen LogP contribution is 2.34. The maximum Gasteiger partial charge on any atom is 0.135 e. The smallest absolute Gasteiger partial charge is 0.135 e. The predicted octanol–water partition coefficient (Wildman–Crippen LogP) is 9.88. The van der Waals surface area contributed by atoms with E-state index in [1.165, 1.54) is 28.0 Å². The summed E-state index contributed by atoms with van der Waals surface area (Å²) in [6, 6.07) is 42.8. The average Bonchev–Trinajstić information content (AvgIpc) is 3.30. The Morgan fingerprint density at radius 1 is 0.389 bits per heavy atom. The normalized spacial score (nSPS) is 11.5. The highest BCUT2D eigenvalue weighted by molar-refractivity contribution is 6.06. The van der Waals surface area contributed by atoms with Gasteiger partial charge in [0, 0.05) is 10.8 Å². The summed E-state index contributed by atoms with van der Waals surface area (Å²) in [6.45, 7) is 0. The summed E-state index contributed by atoms with van der Waals surface area (Å²) >= 11 is 0. The van der Waals surface area contributed by atoms with Crippen LogP contribution in [0.1, 0.15) is 0 Å². The minimum Gasteiger partial charge on any atom is -0.456 e. The molecule has 1 heterocycles. The van der Waals surface area contributed by atoms with Crippen molar-refractivity contribution in [3.63, 3.8) is 0 Å². The Kier molecular flexibility index (Phi) is 4.71. The zero-order chi connectivity index (χ0) is 24.1. The molecule has 0 N–H and O–H groups in total. The van der Waals surface area contributed by atoms with Crippen molar-refractivity contribution < 1.29 is 8.81 Å². The molecule has 0 radical (unpaired) electrons. The van der Waals surface area contributed by atoms with Crippen LogP contribution in [0.2, 0.25) is 0 Å². The molecule has 1 nitrogen and oxygen atoms in total. The molecule has 0 amide bonds. The molecule has 0 spiro atoms. The van der Waals surface area contributed by atoms with E-state index in [-0.39, 0.29) is 5.82 Å². The van der Waals surface area contributed by atoms with Crippen LogP contribution in [0, 0.1) is 5.82 Å². The van der Waals surface area contributed by atoms with E-state index >= 15 is 0 Å². The molecule has 2 heteroatoms. The van der Waals surface area contributed by atoms with Crippen LogP contribution in [0.15, 0.2) is 132 Å². The van der Waals surface area contributed by atoms with Crippen molar-refractivity contribution >= 4 is 32.7 Å². The third-order valence-corrected chi connectivity index (χ3v) is 6.93. The van der Waals surface area contributed by atoms with Crippen LogP contribution in [0.25, 0.3) is 66.1 Å². The molecule has 7 rings (SSSR count). The summed E-state index contributed by atoms with van der Waals surface area (Å²) in [5, 5.41) is 4.67. The van der Waals surface area contributed by atoms with E-state index in [9.17, 15) is 4.39 Å². The first-order valence-corrected chi connectivity index (χ1v) is 12.0. The van der Waals surface area contributed by atoms with Crippen LogP contribution >= 0.6 is 0 Å². The maximum atomic E-state index is 13.6. The fourth-order valence-electron chi connectivity index (χ4n) is 5.03. The van der Waals surface area contributed by atoms with Gasteiger partial charge in [-0.2, -0.15) is 0 Å². The van der Waals surface area contributed by atoms with E-state index in [0.717, 1.165) is 44.2 Å². The van der Waals surface area contributed by atoms with Crippen molar-refractivity contribution in [2.24, 2.45) is 0 Å². The Morgan fingerprint density at radius 2 is 0.944 bits per heavy atom. The van der Waals surface area contributed by atoms with Gasteiger partial charge in [0.2, 0.25) is 0 Å². The second kappa shape index (κ2) is 8.21. The molecular formula is C34H21FO. The SMILES string of the molecule is Fc1cccc(-c2ccc(-c3ccc4cc(-c5ccc6oc7ccccc7c6c5)ccc4c3)cc2)c1. The highest BCUT2D eigenvalue weighted by atomic mass is 19.1. The van der Waals surface area contributed by atoms with Crippen LogP contribution in [0.4, 0.5) is 4.39 Å². The number of para-hydroxylation sites is 1. The highest BCUT2D eigenvalue weighted by Gasteiger charge is 2.09. The molecule has 36 heavy (non-hydrogen) atoms. The van der Waals surface area contributed by atoms with E-state index in [1.807, 2.05) is 36.4 Å². The Bertz CT molecular complexity index is 1890.